The summed E-state index contributed by atoms with van der Waals surface area (Å²) in [4.78, 5) is 15.4. The lowest BCUT2D eigenvalue weighted by atomic mass is 10.1. The average molecular weight is 343 g/mol. The van der Waals surface area contributed by atoms with Gasteiger partial charge in [-0.25, -0.2) is 0 Å². The predicted octanol–water partition coefficient (Wildman–Crippen LogP) is 4.42. The van der Waals surface area contributed by atoms with Crippen LogP contribution in [0.5, 0.6) is 0 Å². The fourth-order valence-electron chi connectivity index (χ4n) is 2.41. The van der Waals surface area contributed by atoms with E-state index in [1.54, 1.807) is 0 Å². The van der Waals surface area contributed by atoms with E-state index >= 15 is 0 Å². The van der Waals surface area contributed by atoms with Gasteiger partial charge < -0.3 is 10.3 Å². The fourth-order valence-corrected chi connectivity index (χ4v) is 2.89. The Morgan fingerprint density at radius 3 is 2.86 bits per heavy atom. The largest absolute Gasteiger partial charge is 0.361 e. The van der Waals surface area contributed by atoms with Crippen LogP contribution in [-0.4, -0.2) is 10.9 Å². The van der Waals surface area contributed by atoms with Crippen LogP contribution in [0.1, 0.15) is 11.1 Å². The molecule has 0 saturated carbocycles. The first-order chi connectivity index (χ1) is 10.1. The van der Waals surface area contributed by atoms with Crippen molar-refractivity contribution in [2.75, 3.05) is 5.32 Å². The minimum Gasteiger partial charge on any atom is -0.361 e. The number of nitrogens with one attached hydrogen (secondary N) is 2. The van der Waals surface area contributed by atoms with Gasteiger partial charge in [-0.2, -0.15) is 0 Å². The topological polar surface area (TPSA) is 44.9 Å². The maximum Gasteiger partial charge on any atom is 0.228 e. The summed E-state index contributed by atoms with van der Waals surface area (Å²) < 4.78 is 1.01. The van der Waals surface area contributed by atoms with E-state index in [1.807, 2.05) is 55.6 Å². The predicted molar refractivity (Wildman–Crippen MR) is 89.5 cm³/mol. The Labute approximate surface area is 131 Å². The molecule has 1 amide bonds. The van der Waals surface area contributed by atoms with E-state index in [1.165, 1.54) is 0 Å². The number of carbonyl (C=O) groups is 1. The fraction of sp³-hybridized carbons (Fsp3) is 0.118. The zero-order valence-electron chi connectivity index (χ0n) is 11.6. The van der Waals surface area contributed by atoms with Crippen LogP contribution in [0.25, 0.3) is 10.9 Å². The molecule has 106 valence electrons. The smallest absolute Gasteiger partial charge is 0.228 e. The Morgan fingerprint density at radius 2 is 2.05 bits per heavy atom. The monoisotopic (exact) mass is 342 g/mol. The molecule has 0 aliphatic rings. The van der Waals surface area contributed by atoms with Crippen LogP contribution >= 0.6 is 15.9 Å². The average Bonchev–Trinajstić information content (AvgIpc) is 2.85. The summed E-state index contributed by atoms with van der Waals surface area (Å²) in [7, 11) is 0. The van der Waals surface area contributed by atoms with Gasteiger partial charge in [-0.15, -0.1) is 0 Å². The number of para-hydroxylation sites is 1. The first-order valence-electron chi connectivity index (χ1n) is 6.74. The number of halogens is 1. The molecule has 3 nitrogen and oxygen atoms in total. The van der Waals surface area contributed by atoms with Crippen LogP contribution in [0, 0.1) is 6.92 Å². The molecular weight excluding hydrogens is 328 g/mol. The van der Waals surface area contributed by atoms with Crippen LogP contribution in [0.3, 0.4) is 0 Å². The van der Waals surface area contributed by atoms with E-state index < -0.39 is 0 Å². The number of aromatic nitrogens is 1. The molecule has 0 aliphatic carbocycles. The molecule has 2 aromatic carbocycles. The number of hydrogen-bond acceptors (Lipinski definition) is 1. The van der Waals surface area contributed by atoms with E-state index in [2.05, 4.69) is 26.2 Å². The normalized spacial score (nSPS) is 10.8. The summed E-state index contributed by atoms with van der Waals surface area (Å²) in [6, 6.07) is 13.8. The molecule has 3 rings (SSSR count). The molecule has 0 saturated heterocycles. The Balaban J connectivity index is 1.77. The molecule has 1 aromatic heterocycles. The van der Waals surface area contributed by atoms with Crippen molar-refractivity contribution in [2.24, 2.45) is 0 Å². The second kappa shape index (κ2) is 5.74. The number of hydrogen-bond donors (Lipinski definition) is 2. The van der Waals surface area contributed by atoms with E-state index in [0.29, 0.717) is 6.42 Å². The third-order valence-corrected chi connectivity index (χ3v) is 3.98. The standard InChI is InChI=1S/C17H15BrN2O/c1-11-8-13(18)6-7-15(11)20-17(21)9-12-10-19-16-5-3-2-4-14(12)16/h2-8,10,19H,9H2,1H3,(H,20,21). The third-order valence-electron chi connectivity index (χ3n) is 3.49. The number of fused-ring (bicyclic) bond motifs is 1. The van der Waals surface area contributed by atoms with E-state index in [0.717, 1.165) is 32.2 Å². The number of H-pyrrole nitrogens is 1. The molecule has 0 atom stereocenters. The van der Waals surface area contributed by atoms with Crippen molar-refractivity contribution in [2.45, 2.75) is 13.3 Å². The molecule has 3 aromatic rings. The van der Waals surface area contributed by atoms with Crippen LogP contribution in [0.2, 0.25) is 0 Å². The number of aryl methyl sites for hydroxylation is 1. The lowest BCUT2D eigenvalue weighted by Gasteiger charge is -2.08. The minimum absolute atomic E-state index is 0.00910. The number of amides is 1. The zero-order valence-corrected chi connectivity index (χ0v) is 13.2. The van der Waals surface area contributed by atoms with Crippen molar-refractivity contribution in [1.29, 1.82) is 0 Å². The van der Waals surface area contributed by atoms with Crippen LogP contribution in [0.15, 0.2) is 53.1 Å². The quantitative estimate of drug-likeness (QED) is 0.726. The number of rotatable bonds is 3. The molecule has 0 bridgehead atoms. The zero-order chi connectivity index (χ0) is 14.8. The van der Waals surface area contributed by atoms with Gasteiger partial charge >= 0.3 is 0 Å². The van der Waals surface area contributed by atoms with Crippen LogP contribution in [-0.2, 0) is 11.2 Å². The second-order valence-electron chi connectivity index (χ2n) is 5.04. The summed E-state index contributed by atoms with van der Waals surface area (Å²) in [6.45, 7) is 1.98. The van der Waals surface area contributed by atoms with E-state index in [4.69, 9.17) is 0 Å². The number of anilines is 1. The van der Waals surface area contributed by atoms with E-state index in [-0.39, 0.29) is 5.91 Å². The molecular formula is C17H15BrN2O. The van der Waals surface area contributed by atoms with Crippen molar-refractivity contribution in [1.82, 2.24) is 4.98 Å². The number of aromatic amines is 1. The lowest BCUT2D eigenvalue weighted by molar-refractivity contribution is -0.115. The second-order valence-corrected chi connectivity index (χ2v) is 5.96. The Morgan fingerprint density at radius 1 is 1.24 bits per heavy atom. The summed E-state index contributed by atoms with van der Waals surface area (Å²) in [5.74, 6) is -0.00910. The minimum atomic E-state index is -0.00910. The van der Waals surface area contributed by atoms with Crippen LogP contribution in [0.4, 0.5) is 5.69 Å². The molecule has 0 unspecified atom stereocenters. The van der Waals surface area contributed by atoms with Gasteiger partial charge in [-0.05, 0) is 42.3 Å². The van der Waals surface area contributed by atoms with Gasteiger partial charge in [0.25, 0.3) is 0 Å². The third kappa shape index (κ3) is 3.00. The first-order valence-corrected chi connectivity index (χ1v) is 7.54. The van der Waals surface area contributed by atoms with Gasteiger partial charge in [0.05, 0.1) is 6.42 Å². The number of benzene rings is 2. The summed E-state index contributed by atoms with van der Waals surface area (Å²) in [6.07, 6.45) is 2.26. The highest BCUT2D eigenvalue weighted by molar-refractivity contribution is 9.10. The first kappa shape index (κ1) is 13.9. The van der Waals surface area contributed by atoms with Gasteiger partial charge in [0.15, 0.2) is 0 Å². The SMILES string of the molecule is Cc1cc(Br)ccc1NC(=O)Cc1c[nH]c2ccccc12. The molecule has 0 aliphatic heterocycles. The molecule has 0 radical (unpaired) electrons. The highest BCUT2D eigenvalue weighted by Crippen LogP contribution is 2.21. The number of carbonyl (C=O) groups excluding carboxylic acids is 1. The van der Waals surface area contributed by atoms with Crippen LogP contribution < -0.4 is 5.32 Å². The van der Waals surface area contributed by atoms with Crippen molar-refractivity contribution < 1.29 is 4.79 Å². The Hall–Kier alpha value is -2.07. The molecule has 0 fully saturated rings. The van der Waals surface area contributed by atoms with Gasteiger partial charge in [0, 0.05) is 27.3 Å². The summed E-state index contributed by atoms with van der Waals surface area (Å²) in [5, 5.41) is 4.06. The molecule has 1 heterocycles. The maximum absolute atomic E-state index is 12.2. The summed E-state index contributed by atoms with van der Waals surface area (Å²) >= 11 is 3.42. The molecule has 4 heteroatoms. The van der Waals surface area contributed by atoms with Crippen molar-refractivity contribution in [3.05, 3.63) is 64.3 Å². The van der Waals surface area contributed by atoms with Gasteiger partial charge in [-0.1, -0.05) is 34.1 Å². The Bertz CT molecular complexity index is 807. The lowest BCUT2D eigenvalue weighted by Crippen LogP contribution is -2.14. The van der Waals surface area contributed by atoms with Gasteiger partial charge in [0.2, 0.25) is 5.91 Å². The van der Waals surface area contributed by atoms with E-state index in [9.17, 15) is 4.79 Å². The molecule has 0 spiro atoms. The van der Waals surface area contributed by atoms with Gasteiger partial charge in [-0.3, -0.25) is 4.79 Å². The molecule has 2 N–H and O–H groups in total. The highest BCUT2D eigenvalue weighted by atomic mass is 79.9. The molecule has 21 heavy (non-hydrogen) atoms. The maximum atomic E-state index is 12.2. The highest BCUT2D eigenvalue weighted by Gasteiger charge is 2.10. The Kier molecular flexibility index (Phi) is 3.80. The van der Waals surface area contributed by atoms with Gasteiger partial charge in [0.1, 0.15) is 0 Å². The van der Waals surface area contributed by atoms with Crippen molar-refractivity contribution >= 4 is 38.4 Å². The van der Waals surface area contributed by atoms with Crippen molar-refractivity contribution in [3.8, 4) is 0 Å². The summed E-state index contributed by atoms with van der Waals surface area (Å²) in [5.41, 5.74) is 3.96. The van der Waals surface area contributed by atoms with Crippen molar-refractivity contribution in [3.63, 3.8) is 0 Å².